The Morgan fingerprint density at radius 2 is 2.21 bits per heavy atom. The minimum Gasteiger partial charge on any atom is -0.494 e. The van der Waals surface area contributed by atoms with Gasteiger partial charge < -0.3 is 10.1 Å². The number of halogens is 1. The Morgan fingerprint density at radius 3 is 2.64 bits per heavy atom. The molecule has 0 spiro atoms. The fraction of sp³-hybridized carbons (Fsp3) is 0.455. The maximum absolute atomic E-state index is 13.4. The van der Waals surface area contributed by atoms with Crippen molar-refractivity contribution < 1.29 is 9.13 Å². The molecule has 1 heterocycles. The van der Waals surface area contributed by atoms with E-state index in [1.807, 2.05) is 6.07 Å². The van der Waals surface area contributed by atoms with Gasteiger partial charge in [-0.2, -0.15) is 0 Å². The maximum Gasteiger partial charge on any atom is 0.165 e. The average molecular weight is 195 g/mol. The summed E-state index contributed by atoms with van der Waals surface area (Å²) in [5.41, 5.74) is 0.940. The standard InChI is InChI=1S/C11H14FNO/c1-11(5-6-13-11)8-3-4-10(14-2)9(12)7-8/h3-4,7,13H,5-6H2,1-2H3. The van der Waals surface area contributed by atoms with Gasteiger partial charge in [0.15, 0.2) is 11.6 Å². The summed E-state index contributed by atoms with van der Waals surface area (Å²) >= 11 is 0. The molecule has 0 saturated carbocycles. The van der Waals surface area contributed by atoms with E-state index in [0.29, 0.717) is 5.75 Å². The summed E-state index contributed by atoms with van der Waals surface area (Å²) in [6, 6.07) is 5.13. The van der Waals surface area contributed by atoms with E-state index in [4.69, 9.17) is 4.74 Å². The SMILES string of the molecule is COc1ccc(C2(C)CCN2)cc1F. The molecule has 0 aromatic heterocycles. The van der Waals surface area contributed by atoms with Gasteiger partial charge in [-0.3, -0.25) is 0 Å². The van der Waals surface area contributed by atoms with Gasteiger partial charge in [-0.1, -0.05) is 6.07 Å². The number of methoxy groups -OCH3 is 1. The van der Waals surface area contributed by atoms with Crippen molar-refractivity contribution in [3.05, 3.63) is 29.6 Å². The lowest BCUT2D eigenvalue weighted by atomic mass is 9.83. The summed E-state index contributed by atoms with van der Waals surface area (Å²) < 4.78 is 18.3. The third-order valence-electron chi connectivity index (χ3n) is 2.93. The van der Waals surface area contributed by atoms with Crippen LogP contribution in [0.15, 0.2) is 18.2 Å². The highest BCUT2D eigenvalue weighted by atomic mass is 19.1. The summed E-state index contributed by atoms with van der Waals surface area (Å²) in [6.45, 7) is 3.09. The minimum atomic E-state index is -0.292. The van der Waals surface area contributed by atoms with E-state index in [1.165, 1.54) is 7.11 Å². The molecule has 76 valence electrons. The van der Waals surface area contributed by atoms with Crippen molar-refractivity contribution >= 4 is 0 Å². The first-order valence-corrected chi connectivity index (χ1v) is 4.75. The summed E-state index contributed by atoms with van der Waals surface area (Å²) in [5.74, 6) is 0.0107. The first-order chi connectivity index (χ1) is 6.65. The molecule has 1 N–H and O–H groups in total. The zero-order chi connectivity index (χ0) is 10.2. The van der Waals surface area contributed by atoms with Gasteiger partial charge >= 0.3 is 0 Å². The van der Waals surface area contributed by atoms with Crippen molar-refractivity contribution in [1.82, 2.24) is 5.32 Å². The van der Waals surface area contributed by atoms with Crippen LogP contribution in [0, 0.1) is 5.82 Å². The van der Waals surface area contributed by atoms with Gasteiger partial charge in [-0.25, -0.2) is 4.39 Å². The zero-order valence-electron chi connectivity index (χ0n) is 8.43. The molecule has 1 fully saturated rings. The predicted molar refractivity (Wildman–Crippen MR) is 52.9 cm³/mol. The Labute approximate surface area is 83.1 Å². The molecule has 0 radical (unpaired) electrons. The van der Waals surface area contributed by atoms with Crippen molar-refractivity contribution in [3.63, 3.8) is 0 Å². The molecule has 1 aromatic carbocycles. The van der Waals surface area contributed by atoms with Gasteiger partial charge in [-0.15, -0.1) is 0 Å². The van der Waals surface area contributed by atoms with E-state index in [-0.39, 0.29) is 11.4 Å². The molecule has 14 heavy (non-hydrogen) atoms. The lowest BCUT2D eigenvalue weighted by Crippen LogP contribution is -2.51. The highest BCUT2D eigenvalue weighted by molar-refractivity contribution is 5.34. The highest BCUT2D eigenvalue weighted by Crippen LogP contribution is 2.32. The van der Waals surface area contributed by atoms with Gasteiger partial charge in [0.1, 0.15) is 0 Å². The molecular weight excluding hydrogens is 181 g/mol. The van der Waals surface area contributed by atoms with Crippen molar-refractivity contribution in [2.75, 3.05) is 13.7 Å². The topological polar surface area (TPSA) is 21.3 Å². The predicted octanol–water partition coefficient (Wildman–Crippen LogP) is 2.04. The van der Waals surface area contributed by atoms with E-state index in [9.17, 15) is 4.39 Å². The Hall–Kier alpha value is -1.09. The van der Waals surface area contributed by atoms with Crippen LogP contribution >= 0.6 is 0 Å². The Balaban J connectivity index is 2.32. The van der Waals surface area contributed by atoms with E-state index >= 15 is 0 Å². The van der Waals surface area contributed by atoms with Crippen LogP contribution in [0.4, 0.5) is 4.39 Å². The molecule has 1 unspecified atom stereocenters. The second-order valence-corrected chi connectivity index (χ2v) is 3.86. The van der Waals surface area contributed by atoms with E-state index in [2.05, 4.69) is 12.2 Å². The molecule has 3 heteroatoms. The number of hydrogen-bond donors (Lipinski definition) is 1. The summed E-state index contributed by atoms with van der Waals surface area (Å²) in [7, 11) is 1.47. The van der Waals surface area contributed by atoms with Crippen LogP contribution in [-0.2, 0) is 5.54 Å². The number of nitrogens with one attached hydrogen (secondary N) is 1. The lowest BCUT2D eigenvalue weighted by molar-refractivity contribution is 0.235. The van der Waals surface area contributed by atoms with Crippen molar-refractivity contribution in [2.24, 2.45) is 0 Å². The fourth-order valence-electron chi connectivity index (χ4n) is 1.76. The van der Waals surface area contributed by atoms with Gasteiger partial charge in [0.2, 0.25) is 0 Å². The van der Waals surface area contributed by atoms with Crippen LogP contribution in [-0.4, -0.2) is 13.7 Å². The highest BCUT2D eigenvalue weighted by Gasteiger charge is 2.33. The number of hydrogen-bond acceptors (Lipinski definition) is 2. The van der Waals surface area contributed by atoms with Crippen molar-refractivity contribution in [1.29, 1.82) is 0 Å². The van der Waals surface area contributed by atoms with E-state index in [1.54, 1.807) is 12.1 Å². The second-order valence-electron chi connectivity index (χ2n) is 3.86. The average Bonchev–Trinajstić information content (AvgIpc) is 2.14. The molecule has 1 saturated heterocycles. The Morgan fingerprint density at radius 1 is 1.50 bits per heavy atom. The van der Waals surface area contributed by atoms with E-state index in [0.717, 1.165) is 18.5 Å². The first-order valence-electron chi connectivity index (χ1n) is 4.75. The van der Waals surface area contributed by atoms with E-state index < -0.39 is 0 Å². The smallest absolute Gasteiger partial charge is 0.165 e. The summed E-state index contributed by atoms with van der Waals surface area (Å²) in [4.78, 5) is 0. The van der Waals surface area contributed by atoms with Crippen LogP contribution in [0.2, 0.25) is 0 Å². The molecule has 2 rings (SSSR count). The largest absolute Gasteiger partial charge is 0.494 e. The molecule has 1 atom stereocenters. The quantitative estimate of drug-likeness (QED) is 0.779. The number of rotatable bonds is 2. The van der Waals surface area contributed by atoms with Crippen LogP contribution in [0.5, 0.6) is 5.75 Å². The summed E-state index contributed by atoms with van der Waals surface area (Å²) in [6.07, 6.45) is 1.05. The second kappa shape index (κ2) is 3.24. The maximum atomic E-state index is 13.4. The summed E-state index contributed by atoms with van der Waals surface area (Å²) in [5, 5.41) is 3.30. The molecule has 1 aliphatic rings. The Bertz CT molecular complexity index is 347. The van der Waals surface area contributed by atoms with Crippen molar-refractivity contribution in [3.8, 4) is 5.75 Å². The van der Waals surface area contributed by atoms with Crippen LogP contribution in [0.25, 0.3) is 0 Å². The molecule has 2 nitrogen and oxygen atoms in total. The molecule has 1 aliphatic heterocycles. The first kappa shape index (κ1) is 9.46. The van der Waals surface area contributed by atoms with Crippen LogP contribution in [0.3, 0.4) is 0 Å². The molecule has 0 aliphatic carbocycles. The monoisotopic (exact) mass is 195 g/mol. The van der Waals surface area contributed by atoms with Crippen LogP contribution in [0.1, 0.15) is 18.9 Å². The van der Waals surface area contributed by atoms with Crippen LogP contribution < -0.4 is 10.1 Å². The van der Waals surface area contributed by atoms with Gasteiger partial charge in [0.05, 0.1) is 7.11 Å². The Kier molecular flexibility index (Phi) is 2.19. The normalized spacial score (nSPS) is 25.6. The third-order valence-corrected chi connectivity index (χ3v) is 2.93. The lowest BCUT2D eigenvalue weighted by Gasteiger charge is -2.40. The van der Waals surface area contributed by atoms with Gasteiger partial charge in [0, 0.05) is 5.54 Å². The van der Waals surface area contributed by atoms with Gasteiger partial charge in [-0.05, 0) is 37.6 Å². The zero-order valence-corrected chi connectivity index (χ0v) is 8.43. The molecule has 1 aromatic rings. The molecule has 0 bridgehead atoms. The van der Waals surface area contributed by atoms with Crippen molar-refractivity contribution in [2.45, 2.75) is 18.9 Å². The number of benzene rings is 1. The number of ether oxygens (including phenoxy) is 1. The third kappa shape index (κ3) is 1.38. The molecular formula is C11H14FNO. The minimum absolute atomic E-state index is 0.0485. The fourth-order valence-corrected chi connectivity index (χ4v) is 1.76. The van der Waals surface area contributed by atoms with Gasteiger partial charge in [0.25, 0.3) is 0 Å². The molecule has 0 amide bonds.